The van der Waals surface area contributed by atoms with Crippen molar-refractivity contribution in [3.63, 3.8) is 0 Å². The number of carbonyl (C=O) groups is 1. The molecule has 1 amide bonds. The Labute approximate surface area is 188 Å². The maximum Gasteiger partial charge on any atom is 0.242 e. The average molecular weight is 445 g/mol. The Balaban J connectivity index is 1.64. The molecule has 0 aliphatic carbocycles. The summed E-state index contributed by atoms with van der Waals surface area (Å²) in [5.41, 5.74) is 2.45. The molecule has 1 atom stereocenters. The van der Waals surface area contributed by atoms with Crippen molar-refractivity contribution in [1.82, 2.24) is 4.72 Å². The maximum absolute atomic E-state index is 13.3. The number of sulfonamides is 1. The Bertz CT molecular complexity index is 1330. The minimum Gasteiger partial charge on any atom is -0.324 e. The second kappa shape index (κ2) is 9.34. The number of nitrogens with one attached hydrogen (secondary N) is 2. The first-order chi connectivity index (χ1) is 15.4. The minimum absolute atomic E-state index is 0.124. The summed E-state index contributed by atoms with van der Waals surface area (Å²) in [5.74, 6) is -0.416. The van der Waals surface area contributed by atoms with Crippen LogP contribution in [0.4, 0.5) is 5.69 Å². The Morgan fingerprint density at radius 2 is 1.47 bits per heavy atom. The summed E-state index contributed by atoms with van der Waals surface area (Å²) in [6.45, 7) is 1.89. The molecule has 4 aromatic rings. The molecule has 4 rings (SSSR count). The number of rotatable bonds is 7. The molecule has 1 unspecified atom stereocenters. The van der Waals surface area contributed by atoms with E-state index in [-0.39, 0.29) is 11.3 Å². The maximum atomic E-state index is 13.3. The number of amides is 1. The summed E-state index contributed by atoms with van der Waals surface area (Å²) in [6, 6.07) is 28.3. The van der Waals surface area contributed by atoms with E-state index in [1.165, 1.54) is 0 Å². The van der Waals surface area contributed by atoms with Gasteiger partial charge in [-0.25, -0.2) is 8.42 Å². The van der Waals surface area contributed by atoms with Crippen LogP contribution in [-0.2, 0) is 21.2 Å². The quantitative estimate of drug-likeness (QED) is 0.435. The number of aryl methyl sites for hydroxylation is 1. The van der Waals surface area contributed by atoms with Crippen LogP contribution in [0.1, 0.15) is 11.1 Å². The molecule has 0 radical (unpaired) electrons. The molecule has 0 heterocycles. The molecular formula is C26H24N2O3S. The lowest BCUT2D eigenvalue weighted by Gasteiger charge is -2.19. The zero-order valence-electron chi connectivity index (χ0n) is 17.7. The van der Waals surface area contributed by atoms with Crippen molar-refractivity contribution in [2.24, 2.45) is 0 Å². The predicted molar refractivity (Wildman–Crippen MR) is 128 cm³/mol. The molecule has 0 aliphatic heterocycles. The van der Waals surface area contributed by atoms with Gasteiger partial charge in [0.25, 0.3) is 0 Å². The molecule has 32 heavy (non-hydrogen) atoms. The summed E-state index contributed by atoms with van der Waals surface area (Å²) < 4.78 is 28.7. The molecular weight excluding hydrogens is 420 g/mol. The predicted octanol–water partition coefficient (Wildman–Crippen LogP) is 4.68. The van der Waals surface area contributed by atoms with E-state index in [1.54, 1.807) is 24.3 Å². The van der Waals surface area contributed by atoms with Gasteiger partial charge in [-0.2, -0.15) is 4.72 Å². The largest absolute Gasteiger partial charge is 0.324 e. The van der Waals surface area contributed by atoms with Crippen molar-refractivity contribution < 1.29 is 13.2 Å². The fraction of sp³-hybridized carbons (Fsp3) is 0.115. The smallest absolute Gasteiger partial charge is 0.242 e. The Morgan fingerprint density at radius 1 is 0.812 bits per heavy atom. The first-order valence-corrected chi connectivity index (χ1v) is 11.8. The third-order valence-electron chi connectivity index (χ3n) is 5.28. The van der Waals surface area contributed by atoms with Gasteiger partial charge in [-0.15, -0.1) is 0 Å². The van der Waals surface area contributed by atoms with Crippen LogP contribution in [0.2, 0.25) is 0 Å². The number of carbonyl (C=O) groups excluding carboxylic acids is 1. The number of anilines is 1. The zero-order valence-corrected chi connectivity index (χ0v) is 18.5. The van der Waals surface area contributed by atoms with E-state index in [0.29, 0.717) is 5.69 Å². The molecule has 0 aliphatic rings. The van der Waals surface area contributed by atoms with Crippen molar-refractivity contribution in [3.8, 4) is 0 Å². The van der Waals surface area contributed by atoms with Crippen molar-refractivity contribution in [2.45, 2.75) is 24.3 Å². The van der Waals surface area contributed by atoms with E-state index in [9.17, 15) is 13.2 Å². The first kappa shape index (κ1) is 21.7. The molecule has 0 bridgehead atoms. The molecule has 0 saturated heterocycles. The van der Waals surface area contributed by atoms with Crippen molar-refractivity contribution >= 4 is 32.4 Å². The van der Waals surface area contributed by atoms with Crippen molar-refractivity contribution in [1.29, 1.82) is 0 Å². The molecule has 0 spiro atoms. The lowest BCUT2D eigenvalue weighted by Crippen LogP contribution is -2.45. The van der Waals surface area contributed by atoms with Crippen LogP contribution in [0.5, 0.6) is 0 Å². The first-order valence-electron chi connectivity index (χ1n) is 10.3. The number of benzene rings is 4. The van der Waals surface area contributed by atoms with E-state index >= 15 is 0 Å². The number of fused-ring (bicyclic) bond motifs is 1. The molecule has 5 nitrogen and oxygen atoms in total. The standard InChI is InChI=1S/C26H24N2O3S/c1-19-14-16-22(17-15-19)32(30,31)28-25(18-20-8-3-2-4-9-20)26(29)27-24-13-7-11-21-10-5-6-12-23(21)24/h2-17,25,28H,18H2,1H3,(H,27,29). The monoisotopic (exact) mass is 444 g/mol. The lowest BCUT2D eigenvalue weighted by atomic mass is 10.1. The highest BCUT2D eigenvalue weighted by molar-refractivity contribution is 7.89. The Hall–Kier alpha value is -3.48. The topological polar surface area (TPSA) is 75.3 Å². The second-order valence-electron chi connectivity index (χ2n) is 7.69. The highest BCUT2D eigenvalue weighted by Gasteiger charge is 2.26. The van der Waals surface area contributed by atoms with Gasteiger partial charge in [-0.1, -0.05) is 84.4 Å². The van der Waals surface area contributed by atoms with Crippen LogP contribution in [0.15, 0.2) is 102 Å². The number of hydrogen-bond acceptors (Lipinski definition) is 3. The van der Waals surface area contributed by atoms with Crippen molar-refractivity contribution in [3.05, 3.63) is 108 Å². The van der Waals surface area contributed by atoms with E-state index in [0.717, 1.165) is 21.9 Å². The van der Waals surface area contributed by atoms with E-state index in [1.807, 2.05) is 79.7 Å². The van der Waals surface area contributed by atoms with Crippen LogP contribution < -0.4 is 10.0 Å². The fourth-order valence-electron chi connectivity index (χ4n) is 3.56. The van der Waals surface area contributed by atoms with E-state index in [2.05, 4.69) is 10.0 Å². The third kappa shape index (κ3) is 5.04. The Morgan fingerprint density at radius 3 is 2.22 bits per heavy atom. The highest BCUT2D eigenvalue weighted by Crippen LogP contribution is 2.23. The zero-order chi connectivity index (χ0) is 22.6. The van der Waals surface area contributed by atoms with Gasteiger partial charge in [-0.3, -0.25) is 4.79 Å². The van der Waals surface area contributed by atoms with Gasteiger partial charge >= 0.3 is 0 Å². The van der Waals surface area contributed by atoms with Gasteiger partial charge in [0, 0.05) is 11.1 Å². The lowest BCUT2D eigenvalue weighted by molar-refractivity contribution is -0.117. The molecule has 162 valence electrons. The number of hydrogen-bond donors (Lipinski definition) is 2. The Kier molecular flexibility index (Phi) is 6.35. The molecule has 0 fully saturated rings. The van der Waals surface area contributed by atoms with Crippen molar-refractivity contribution in [2.75, 3.05) is 5.32 Å². The van der Waals surface area contributed by atoms with Gasteiger partial charge in [0.15, 0.2) is 0 Å². The van der Waals surface area contributed by atoms with E-state index in [4.69, 9.17) is 0 Å². The summed E-state index contributed by atoms with van der Waals surface area (Å²) in [4.78, 5) is 13.4. The van der Waals surface area contributed by atoms with Crippen LogP contribution in [0, 0.1) is 6.92 Å². The van der Waals surface area contributed by atoms with Gasteiger partial charge in [0.1, 0.15) is 6.04 Å². The van der Waals surface area contributed by atoms with Gasteiger partial charge in [0.05, 0.1) is 4.90 Å². The summed E-state index contributed by atoms with van der Waals surface area (Å²) >= 11 is 0. The molecule has 2 N–H and O–H groups in total. The average Bonchev–Trinajstić information content (AvgIpc) is 2.80. The fourth-order valence-corrected chi connectivity index (χ4v) is 4.76. The van der Waals surface area contributed by atoms with Crippen LogP contribution >= 0.6 is 0 Å². The summed E-state index contributed by atoms with van der Waals surface area (Å²) in [6.07, 6.45) is 0.225. The second-order valence-corrected chi connectivity index (χ2v) is 9.41. The molecule has 0 saturated carbocycles. The third-order valence-corrected chi connectivity index (χ3v) is 6.76. The minimum atomic E-state index is -3.89. The van der Waals surface area contributed by atoms with Crippen LogP contribution in [0.3, 0.4) is 0 Å². The van der Waals surface area contributed by atoms with Gasteiger partial charge in [0.2, 0.25) is 15.9 Å². The van der Waals surface area contributed by atoms with Gasteiger partial charge < -0.3 is 5.32 Å². The van der Waals surface area contributed by atoms with Gasteiger partial charge in [-0.05, 0) is 42.5 Å². The molecule has 0 aromatic heterocycles. The van der Waals surface area contributed by atoms with Crippen LogP contribution in [0.25, 0.3) is 10.8 Å². The normalized spacial score (nSPS) is 12.4. The highest BCUT2D eigenvalue weighted by atomic mass is 32.2. The summed E-state index contributed by atoms with van der Waals surface area (Å²) in [7, 11) is -3.89. The van der Waals surface area contributed by atoms with E-state index < -0.39 is 22.0 Å². The molecule has 6 heteroatoms. The molecule has 4 aromatic carbocycles. The SMILES string of the molecule is Cc1ccc(S(=O)(=O)NC(Cc2ccccc2)C(=O)Nc2cccc3ccccc23)cc1. The van der Waals surface area contributed by atoms with Crippen LogP contribution in [-0.4, -0.2) is 20.4 Å². The summed E-state index contributed by atoms with van der Waals surface area (Å²) in [5, 5.41) is 4.81.